The molecular weight excluding hydrogens is 232 g/mol. The molecule has 1 unspecified atom stereocenters. The van der Waals surface area contributed by atoms with E-state index in [1.54, 1.807) is 16.7 Å². The molecular formula is C13H18N2OS. The van der Waals surface area contributed by atoms with Gasteiger partial charge in [-0.2, -0.15) is 0 Å². The lowest BCUT2D eigenvalue weighted by molar-refractivity contribution is -0.116. The number of benzene rings is 1. The van der Waals surface area contributed by atoms with Crippen molar-refractivity contribution in [2.24, 2.45) is 5.73 Å². The summed E-state index contributed by atoms with van der Waals surface area (Å²) in [7, 11) is 1.84. The number of amides is 1. The van der Waals surface area contributed by atoms with E-state index in [9.17, 15) is 4.79 Å². The third kappa shape index (κ3) is 2.48. The van der Waals surface area contributed by atoms with Crippen LogP contribution in [0.15, 0.2) is 23.1 Å². The van der Waals surface area contributed by atoms with Crippen LogP contribution in [-0.4, -0.2) is 25.3 Å². The SMILES string of the molecule is CC(CCN)c1ccc2c(c1)SCC(=O)N2C. The smallest absolute Gasteiger partial charge is 0.237 e. The Labute approximate surface area is 106 Å². The van der Waals surface area contributed by atoms with Crippen LogP contribution in [0.3, 0.4) is 0 Å². The maximum atomic E-state index is 11.6. The lowest BCUT2D eigenvalue weighted by Crippen LogP contribution is -2.31. The zero-order valence-electron chi connectivity index (χ0n) is 10.3. The Hall–Kier alpha value is -1.00. The number of thioether (sulfide) groups is 1. The molecule has 0 bridgehead atoms. The molecule has 0 spiro atoms. The third-order valence-corrected chi connectivity index (χ3v) is 4.27. The largest absolute Gasteiger partial charge is 0.330 e. The van der Waals surface area contributed by atoms with E-state index in [1.165, 1.54) is 10.5 Å². The van der Waals surface area contributed by atoms with E-state index in [-0.39, 0.29) is 5.91 Å². The van der Waals surface area contributed by atoms with Crippen LogP contribution in [-0.2, 0) is 4.79 Å². The molecule has 1 aromatic rings. The first-order chi connectivity index (χ1) is 8.13. The molecule has 1 heterocycles. The van der Waals surface area contributed by atoms with Crippen molar-refractivity contribution in [1.29, 1.82) is 0 Å². The molecule has 1 aliphatic heterocycles. The molecule has 3 nitrogen and oxygen atoms in total. The molecule has 1 atom stereocenters. The van der Waals surface area contributed by atoms with Gasteiger partial charge in [0.25, 0.3) is 0 Å². The Balaban J connectivity index is 2.29. The standard InChI is InChI=1S/C13H18N2OS/c1-9(5-6-14)10-3-4-11-12(7-10)17-8-13(16)15(11)2/h3-4,7,9H,5-6,8,14H2,1-2H3. The molecule has 0 fully saturated rings. The summed E-state index contributed by atoms with van der Waals surface area (Å²) < 4.78 is 0. The Kier molecular flexibility index (Phi) is 3.74. The highest BCUT2D eigenvalue weighted by molar-refractivity contribution is 8.00. The van der Waals surface area contributed by atoms with Crippen LogP contribution < -0.4 is 10.6 Å². The van der Waals surface area contributed by atoms with Crippen LogP contribution in [0.25, 0.3) is 0 Å². The summed E-state index contributed by atoms with van der Waals surface area (Å²) in [6.45, 7) is 2.90. The predicted molar refractivity (Wildman–Crippen MR) is 72.7 cm³/mol. The number of hydrogen-bond acceptors (Lipinski definition) is 3. The molecule has 1 aliphatic rings. The number of hydrogen-bond donors (Lipinski definition) is 1. The molecule has 2 rings (SSSR count). The van der Waals surface area contributed by atoms with Crippen molar-refractivity contribution < 1.29 is 4.79 Å². The van der Waals surface area contributed by atoms with E-state index < -0.39 is 0 Å². The summed E-state index contributed by atoms with van der Waals surface area (Å²) in [6, 6.07) is 6.35. The fraction of sp³-hybridized carbons (Fsp3) is 0.462. The number of rotatable bonds is 3. The van der Waals surface area contributed by atoms with Crippen LogP contribution in [0.1, 0.15) is 24.8 Å². The molecule has 4 heteroatoms. The van der Waals surface area contributed by atoms with E-state index in [4.69, 9.17) is 5.73 Å². The van der Waals surface area contributed by atoms with Crippen molar-refractivity contribution in [3.8, 4) is 0 Å². The number of fused-ring (bicyclic) bond motifs is 1. The van der Waals surface area contributed by atoms with Crippen molar-refractivity contribution in [1.82, 2.24) is 0 Å². The van der Waals surface area contributed by atoms with Crippen molar-refractivity contribution in [3.63, 3.8) is 0 Å². The van der Waals surface area contributed by atoms with Crippen molar-refractivity contribution in [2.45, 2.75) is 24.2 Å². The molecule has 0 aliphatic carbocycles. The molecule has 2 N–H and O–H groups in total. The van der Waals surface area contributed by atoms with Gasteiger partial charge in [0.15, 0.2) is 0 Å². The molecule has 0 radical (unpaired) electrons. The zero-order chi connectivity index (χ0) is 12.4. The van der Waals surface area contributed by atoms with Crippen LogP contribution >= 0.6 is 11.8 Å². The summed E-state index contributed by atoms with van der Waals surface area (Å²) in [6.07, 6.45) is 0.998. The summed E-state index contributed by atoms with van der Waals surface area (Å²) in [4.78, 5) is 14.5. The van der Waals surface area contributed by atoms with Gasteiger partial charge in [0.2, 0.25) is 5.91 Å². The Morgan fingerprint density at radius 1 is 1.53 bits per heavy atom. The second-order valence-corrected chi connectivity index (χ2v) is 5.46. The van der Waals surface area contributed by atoms with E-state index >= 15 is 0 Å². The van der Waals surface area contributed by atoms with E-state index in [0.717, 1.165) is 12.1 Å². The molecule has 17 heavy (non-hydrogen) atoms. The third-order valence-electron chi connectivity index (χ3n) is 3.24. The minimum atomic E-state index is 0.172. The van der Waals surface area contributed by atoms with Gasteiger partial charge in [-0.15, -0.1) is 11.8 Å². The maximum Gasteiger partial charge on any atom is 0.237 e. The Morgan fingerprint density at radius 3 is 3.00 bits per heavy atom. The van der Waals surface area contributed by atoms with Crippen LogP contribution in [0, 0.1) is 0 Å². The van der Waals surface area contributed by atoms with Gasteiger partial charge in [-0.05, 0) is 36.6 Å². The van der Waals surface area contributed by atoms with E-state index in [1.807, 2.05) is 13.1 Å². The van der Waals surface area contributed by atoms with E-state index in [0.29, 0.717) is 18.2 Å². The lowest BCUT2D eigenvalue weighted by Gasteiger charge is -2.26. The summed E-state index contributed by atoms with van der Waals surface area (Å²) in [5.41, 5.74) is 7.92. The average Bonchev–Trinajstić information content (AvgIpc) is 2.34. The van der Waals surface area contributed by atoms with E-state index in [2.05, 4.69) is 19.1 Å². The Bertz CT molecular complexity index is 433. The molecule has 1 aromatic carbocycles. The minimum absolute atomic E-state index is 0.172. The zero-order valence-corrected chi connectivity index (χ0v) is 11.1. The van der Waals surface area contributed by atoms with Gasteiger partial charge in [0, 0.05) is 11.9 Å². The van der Waals surface area contributed by atoms with Crippen molar-refractivity contribution in [2.75, 3.05) is 24.2 Å². The normalized spacial score (nSPS) is 16.9. The minimum Gasteiger partial charge on any atom is -0.330 e. The van der Waals surface area contributed by atoms with Gasteiger partial charge in [-0.25, -0.2) is 0 Å². The second-order valence-electron chi connectivity index (χ2n) is 4.45. The average molecular weight is 250 g/mol. The number of nitrogens with two attached hydrogens (primary N) is 1. The van der Waals surface area contributed by atoms with Gasteiger partial charge in [-0.3, -0.25) is 4.79 Å². The van der Waals surface area contributed by atoms with Gasteiger partial charge in [-0.1, -0.05) is 13.0 Å². The van der Waals surface area contributed by atoms with Crippen LogP contribution in [0.5, 0.6) is 0 Å². The molecule has 0 saturated heterocycles. The van der Waals surface area contributed by atoms with Gasteiger partial charge in [0.05, 0.1) is 11.4 Å². The van der Waals surface area contributed by atoms with Gasteiger partial charge in [0.1, 0.15) is 0 Å². The number of anilines is 1. The fourth-order valence-corrected chi connectivity index (χ4v) is 3.06. The fourth-order valence-electron chi connectivity index (χ4n) is 2.02. The summed E-state index contributed by atoms with van der Waals surface area (Å²) >= 11 is 1.63. The molecule has 0 aromatic heterocycles. The summed E-state index contributed by atoms with van der Waals surface area (Å²) in [5.74, 6) is 1.19. The van der Waals surface area contributed by atoms with Crippen molar-refractivity contribution in [3.05, 3.63) is 23.8 Å². The first-order valence-corrected chi connectivity index (χ1v) is 6.85. The van der Waals surface area contributed by atoms with Gasteiger partial charge >= 0.3 is 0 Å². The number of carbonyl (C=O) groups excluding carboxylic acids is 1. The molecule has 92 valence electrons. The first-order valence-electron chi connectivity index (χ1n) is 5.87. The second kappa shape index (κ2) is 5.10. The Morgan fingerprint density at radius 2 is 2.29 bits per heavy atom. The highest BCUT2D eigenvalue weighted by atomic mass is 32.2. The maximum absolute atomic E-state index is 11.6. The predicted octanol–water partition coefficient (Wildman–Crippen LogP) is 2.21. The lowest BCUT2D eigenvalue weighted by atomic mass is 9.97. The van der Waals surface area contributed by atoms with Gasteiger partial charge < -0.3 is 10.6 Å². The van der Waals surface area contributed by atoms with Crippen LogP contribution in [0.4, 0.5) is 5.69 Å². The molecule has 1 amide bonds. The molecule has 0 saturated carbocycles. The first kappa shape index (κ1) is 12.5. The van der Waals surface area contributed by atoms with Crippen molar-refractivity contribution >= 4 is 23.4 Å². The van der Waals surface area contributed by atoms with Crippen LogP contribution in [0.2, 0.25) is 0 Å². The monoisotopic (exact) mass is 250 g/mol. The topological polar surface area (TPSA) is 46.3 Å². The number of nitrogens with zero attached hydrogens (tertiary/aromatic N) is 1. The quantitative estimate of drug-likeness (QED) is 0.894. The highest BCUT2D eigenvalue weighted by Crippen LogP contribution is 2.36. The highest BCUT2D eigenvalue weighted by Gasteiger charge is 2.21. The number of carbonyl (C=O) groups is 1. The summed E-state index contributed by atoms with van der Waals surface area (Å²) in [5, 5.41) is 0.